The molecular weight excluding hydrogens is 238 g/mol. The van der Waals surface area contributed by atoms with E-state index in [0.717, 1.165) is 32.4 Å². The molecule has 0 aliphatic carbocycles. The molecule has 0 atom stereocenters. The molecular formula is C11H27N3O2S. The molecule has 0 aliphatic heterocycles. The van der Waals surface area contributed by atoms with Gasteiger partial charge in [-0.2, -0.15) is 0 Å². The lowest BCUT2D eigenvalue weighted by Gasteiger charge is -2.18. The van der Waals surface area contributed by atoms with Crippen LogP contribution < -0.4 is 5.32 Å². The molecule has 0 radical (unpaired) electrons. The van der Waals surface area contributed by atoms with Gasteiger partial charge in [0.05, 0.1) is 5.75 Å². The molecule has 0 saturated carbocycles. The minimum absolute atomic E-state index is 0.257. The predicted molar refractivity (Wildman–Crippen MR) is 72.7 cm³/mol. The summed E-state index contributed by atoms with van der Waals surface area (Å²) in [5.41, 5.74) is 0. The highest BCUT2D eigenvalue weighted by Crippen LogP contribution is 2.03. The van der Waals surface area contributed by atoms with Crippen LogP contribution in [-0.2, 0) is 10.0 Å². The largest absolute Gasteiger partial charge is 0.320 e. The lowest BCUT2D eigenvalue weighted by molar-refractivity contribution is 0.370. The minimum Gasteiger partial charge on any atom is -0.320 e. The number of nitrogens with zero attached hydrogens (tertiary/aromatic N) is 2. The average Bonchev–Trinajstić information content (AvgIpc) is 2.23. The Hall–Kier alpha value is -0.170. The first-order valence-electron chi connectivity index (χ1n) is 6.13. The Kier molecular flexibility index (Phi) is 8.77. The second-order valence-corrected chi connectivity index (χ2v) is 6.80. The summed E-state index contributed by atoms with van der Waals surface area (Å²) >= 11 is 0. The van der Waals surface area contributed by atoms with Gasteiger partial charge in [-0.15, -0.1) is 0 Å². The third-order valence-corrected chi connectivity index (χ3v) is 4.57. The van der Waals surface area contributed by atoms with E-state index in [2.05, 4.69) is 10.2 Å². The third kappa shape index (κ3) is 8.54. The van der Waals surface area contributed by atoms with Crippen molar-refractivity contribution in [3.63, 3.8) is 0 Å². The van der Waals surface area contributed by atoms with E-state index < -0.39 is 10.0 Å². The van der Waals surface area contributed by atoms with Crippen molar-refractivity contribution in [3.05, 3.63) is 0 Å². The molecule has 0 aromatic carbocycles. The van der Waals surface area contributed by atoms with Gasteiger partial charge in [-0.3, -0.25) is 0 Å². The maximum Gasteiger partial charge on any atom is 0.213 e. The lowest BCUT2D eigenvalue weighted by atomic mass is 10.3. The van der Waals surface area contributed by atoms with Gasteiger partial charge in [0, 0.05) is 13.6 Å². The summed E-state index contributed by atoms with van der Waals surface area (Å²) in [5, 5.41) is 3.02. The van der Waals surface area contributed by atoms with E-state index in [9.17, 15) is 8.42 Å². The van der Waals surface area contributed by atoms with Gasteiger partial charge in [-0.1, -0.05) is 0 Å². The summed E-state index contributed by atoms with van der Waals surface area (Å²) in [6.07, 6.45) is 2.50. The summed E-state index contributed by atoms with van der Waals surface area (Å²) in [6.45, 7) is 2.39. The van der Waals surface area contributed by atoms with Crippen LogP contribution in [0, 0.1) is 0 Å². The summed E-state index contributed by atoms with van der Waals surface area (Å²) in [5.74, 6) is 0.257. The zero-order chi connectivity index (χ0) is 13.3. The Morgan fingerprint density at radius 1 is 1.00 bits per heavy atom. The topological polar surface area (TPSA) is 52.7 Å². The Labute approximate surface area is 106 Å². The molecule has 0 saturated heterocycles. The van der Waals surface area contributed by atoms with Crippen LogP contribution in [0.4, 0.5) is 0 Å². The van der Waals surface area contributed by atoms with Gasteiger partial charge in [-0.05, 0) is 53.5 Å². The van der Waals surface area contributed by atoms with Crippen LogP contribution in [0.3, 0.4) is 0 Å². The molecule has 5 nitrogen and oxygen atoms in total. The third-order valence-electron chi connectivity index (χ3n) is 2.63. The Bertz CT molecular complexity index is 278. The van der Waals surface area contributed by atoms with E-state index in [4.69, 9.17) is 0 Å². The van der Waals surface area contributed by atoms with Gasteiger partial charge in [0.25, 0.3) is 0 Å². The first-order valence-corrected chi connectivity index (χ1v) is 7.74. The molecule has 0 heterocycles. The van der Waals surface area contributed by atoms with E-state index in [1.54, 1.807) is 7.05 Å². The number of nitrogens with one attached hydrogen (secondary N) is 1. The summed E-state index contributed by atoms with van der Waals surface area (Å²) in [6, 6.07) is 0. The second kappa shape index (κ2) is 8.85. The van der Waals surface area contributed by atoms with Crippen molar-refractivity contribution in [2.75, 3.05) is 53.6 Å². The molecule has 0 aliphatic rings. The first kappa shape index (κ1) is 16.8. The van der Waals surface area contributed by atoms with Crippen molar-refractivity contribution >= 4 is 10.0 Å². The molecule has 104 valence electrons. The fourth-order valence-corrected chi connectivity index (χ4v) is 2.78. The summed E-state index contributed by atoms with van der Waals surface area (Å²) in [7, 11) is 4.48. The van der Waals surface area contributed by atoms with Crippen molar-refractivity contribution < 1.29 is 8.42 Å². The van der Waals surface area contributed by atoms with E-state index >= 15 is 0 Å². The van der Waals surface area contributed by atoms with Crippen molar-refractivity contribution in [3.8, 4) is 0 Å². The standard InChI is InChI=1S/C11H27N3O2S/c1-12-8-5-6-11-17(15,16)14(4)10-7-9-13(2)3/h12H,5-11H2,1-4H3. The van der Waals surface area contributed by atoms with Crippen LogP contribution in [0.15, 0.2) is 0 Å². The number of rotatable bonds is 10. The molecule has 0 rings (SSSR count). The zero-order valence-electron chi connectivity index (χ0n) is 11.6. The zero-order valence-corrected chi connectivity index (χ0v) is 12.4. The van der Waals surface area contributed by atoms with Crippen molar-refractivity contribution in [2.45, 2.75) is 19.3 Å². The Morgan fingerprint density at radius 2 is 1.65 bits per heavy atom. The Morgan fingerprint density at radius 3 is 2.18 bits per heavy atom. The van der Waals surface area contributed by atoms with Gasteiger partial charge in [0.1, 0.15) is 0 Å². The van der Waals surface area contributed by atoms with Crippen molar-refractivity contribution in [2.24, 2.45) is 0 Å². The number of unbranched alkanes of at least 4 members (excludes halogenated alkanes) is 1. The number of hydrogen-bond donors (Lipinski definition) is 1. The van der Waals surface area contributed by atoms with Crippen LogP contribution in [-0.4, -0.2) is 71.2 Å². The summed E-state index contributed by atoms with van der Waals surface area (Å²) in [4.78, 5) is 2.06. The van der Waals surface area contributed by atoms with Crippen molar-refractivity contribution in [1.29, 1.82) is 0 Å². The summed E-state index contributed by atoms with van der Waals surface area (Å²) < 4.78 is 25.2. The molecule has 0 aromatic heterocycles. The van der Waals surface area contributed by atoms with E-state index in [1.807, 2.05) is 21.1 Å². The van der Waals surface area contributed by atoms with E-state index in [-0.39, 0.29) is 5.75 Å². The quantitative estimate of drug-likeness (QED) is 0.573. The van der Waals surface area contributed by atoms with Crippen LogP contribution in [0.25, 0.3) is 0 Å². The second-order valence-electron chi connectivity index (χ2n) is 4.61. The normalized spacial score (nSPS) is 12.6. The molecule has 6 heteroatoms. The van der Waals surface area contributed by atoms with E-state index in [1.165, 1.54) is 4.31 Å². The van der Waals surface area contributed by atoms with Crippen LogP contribution in [0.1, 0.15) is 19.3 Å². The first-order chi connectivity index (χ1) is 7.90. The highest BCUT2D eigenvalue weighted by molar-refractivity contribution is 7.89. The van der Waals surface area contributed by atoms with Crippen LogP contribution in [0.2, 0.25) is 0 Å². The van der Waals surface area contributed by atoms with Gasteiger partial charge < -0.3 is 10.2 Å². The maximum absolute atomic E-state index is 11.9. The average molecular weight is 265 g/mol. The van der Waals surface area contributed by atoms with Gasteiger partial charge in [0.15, 0.2) is 0 Å². The van der Waals surface area contributed by atoms with Gasteiger partial charge in [0.2, 0.25) is 10.0 Å². The fraction of sp³-hybridized carbons (Fsp3) is 1.00. The van der Waals surface area contributed by atoms with Gasteiger partial charge >= 0.3 is 0 Å². The number of hydrogen-bond acceptors (Lipinski definition) is 4. The molecule has 0 bridgehead atoms. The molecule has 17 heavy (non-hydrogen) atoms. The van der Waals surface area contributed by atoms with Gasteiger partial charge in [-0.25, -0.2) is 12.7 Å². The van der Waals surface area contributed by atoms with E-state index in [0.29, 0.717) is 6.54 Å². The molecule has 0 aromatic rings. The highest BCUT2D eigenvalue weighted by Gasteiger charge is 2.16. The monoisotopic (exact) mass is 265 g/mol. The maximum atomic E-state index is 11.9. The minimum atomic E-state index is -3.05. The van der Waals surface area contributed by atoms with Crippen LogP contribution in [0.5, 0.6) is 0 Å². The smallest absolute Gasteiger partial charge is 0.213 e. The van der Waals surface area contributed by atoms with Crippen LogP contribution >= 0.6 is 0 Å². The number of sulfonamides is 1. The Balaban J connectivity index is 3.86. The SMILES string of the molecule is CNCCCCS(=O)(=O)N(C)CCCN(C)C. The predicted octanol–water partition coefficient (Wildman–Crippen LogP) is 0.199. The molecule has 0 fully saturated rings. The van der Waals surface area contributed by atoms with Crippen molar-refractivity contribution in [1.82, 2.24) is 14.5 Å². The highest BCUT2D eigenvalue weighted by atomic mass is 32.2. The lowest BCUT2D eigenvalue weighted by Crippen LogP contribution is -2.32. The fourth-order valence-electron chi connectivity index (χ4n) is 1.49. The molecule has 0 unspecified atom stereocenters. The molecule has 0 amide bonds. The molecule has 1 N–H and O–H groups in total. The molecule has 0 spiro atoms.